The molecule has 3 aromatic rings. The zero-order valence-corrected chi connectivity index (χ0v) is 24.1. The van der Waals surface area contributed by atoms with Gasteiger partial charge in [-0.3, -0.25) is 4.79 Å². The van der Waals surface area contributed by atoms with Crippen LogP contribution < -0.4 is 25.2 Å². The Hall–Kier alpha value is -3.80. The van der Waals surface area contributed by atoms with Crippen LogP contribution in [0.25, 0.3) is 0 Å². The van der Waals surface area contributed by atoms with E-state index in [1.165, 1.54) is 7.11 Å². The number of carbonyl (C=O) groups excluding carboxylic acids is 1. The van der Waals surface area contributed by atoms with Gasteiger partial charge in [-0.05, 0) is 61.1 Å². The van der Waals surface area contributed by atoms with Crippen LogP contribution in [0, 0.1) is 0 Å². The number of aromatic nitrogens is 2. The number of morpholine rings is 1. The number of hydrogen-bond donors (Lipinski definition) is 2. The third-order valence-corrected chi connectivity index (χ3v) is 7.24. The van der Waals surface area contributed by atoms with Crippen molar-refractivity contribution in [2.45, 2.75) is 19.5 Å². The van der Waals surface area contributed by atoms with E-state index in [0.29, 0.717) is 34.0 Å². The first-order valence-corrected chi connectivity index (χ1v) is 13.7. The number of carbonyl (C=O) groups is 1. The van der Waals surface area contributed by atoms with E-state index >= 15 is 0 Å². The van der Waals surface area contributed by atoms with Crippen molar-refractivity contribution in [3.8, 4) is 6.01 Å². The van der Waals surface area contributed by atoms with Crippen LogP contribution in [-0.4, -0.2) is 73.3 Å². The minimum atomic E-state index is -1.01. The Labute approximate surface area is 243 Å². The average molecular weight is 580 g/mol. The number of benzene rings is 2. The number of aliphatic imine (C=N–C) groups is 1. The molecule has 1 unspecified atom stereocenters. The number of nitrogens with one attached hydrogen (secondary N) is 2. The summed E-state index contributed by atoms with van der Waals surface area (Å²) in [4.78, 5) is 31.1. The standard InChI is InChI=1S/C28H30ClN7O3S/c1-4-22-21(16-30-27(32-22)38-3)24-20-15-17(29)5-10-23(20)35(2)26(37)25(33-24)34-28(40)31-18-6-8-19(9-7-18)36-11-13-39-14-12-36/h5-10,15-16,25H,4,11-14H2,1-3H3,(H2,31,34,40). The minimum absolute atomic E-state index is 0.258. The fourth-order valence-corrected chi connectivity index (χ4v) is 5.09. The predicted octanol–water partition coefficient (Wildman–Crippen LogP) is 3.66. The van der Waals surface area contributed by atoms with Crippen LogP contribution in [0.3, 0.4) is 0 Å². The van der Waals surface area contributed by atoms with Crippen LogP contribution in [0.15, 0.2) is 53.7 Å². The number of halogens is 1. The van der Waals surface area contributed by atoms with Crippen molar-refractivity contribution in [3.63, 3.8) is 0 Å². The molecular weight excluding hydrogens is 550 g/mol. The summed E-state index contributed by atoms with van der Waals surface area (Å²) >= 11 is 12.0. The van der Waals surface area contributed by atoms with E-state index in [9.17, 15) is 4.79 Å². The summed E-state index contributed by atoms with van der Waals surface area (Å²) < 4.78 is 10.7. The normalized spacial score (nSPS) is 17.1. The molecule has 2 aliphatic rings. The number of aryl methyl sites for hydroxylation is 1. The van der Waals surface area contributed by atoms with E-state index in [4.69, 9.17) is 38.3 Å². The van der Waals surface area contributed by atoms with Crippen LogP contribution in [0.2, 0.25) is 5.02 Å². The van der Waals surface area contributed by atoms with Gasteiger partial charge in [-0.15, -0.1) is 0 Å². The van der Waals surface area contributed by atoms with Crippen molar-refractivity contribution in [1.29, 1.82) is 0 Å². The van der Waals surface area contributed by atoms with Gasteiger partial charge in [0.1, 0.15) is 0 Å². The highest BCUT2D eigenvalue weighted by Gasteiger charge is 2.32. The molecule has 0 aliphatic carbocycles. The third-order valence-electron chi connectivity index (χ3n) is 6.79. The van der Waals surface area contributed by atoms with Gasteiger partial charge in [0.15, 0.2) is 5.11 Å². The summed E-state index contributed by atoms with van der Waals surface area (Å²) in [5.74, 6) is -0.280. The highest BCUT2D eigenvalue weighted by atomic mass is 35.5. The Morgan fingerprint density at radius 3 is 2.62 bits per heavy atom. The smallest absolute Gasteiger partial charge is 0.316 e. The average Bonchev–Trinajstić information content (AvgIpc) is 3.07. The molecule has 1 amide bonds. The van der Waals surface area contributed by atoms with Crippen LogP contribution >= 0.6 is 23.8 Å². The molecule has 3 heterocycles. The molecule has 2 N–H and O–H groups in total. The molecule has 208 valence electrons. The summed E-state index contributed by atoms with van der Waals surface area (Å²) in [6.45, 7) is 5.14. The van der Waals surface area contributed by atoms with E-state index in [0.717, 1.165) is 43.4 Å². The second kappa shape index (κ2) is 12.2. The Bertz CT molecular complexity index is 1440. The summed E-state index contributed by atoms with van der Waals surface area (Å²) in [7, 11) is 3.22. The van der Waals surface area contributed by atoms with Crippen molar-refractivity contribution in [2.75, 3.05) is 55.6 Å². The molecule has 0 bridgehead atoms. The Balaban J connectivity index is 1.44. The van der Waals surface area contributed by atoms with Crippen molar-refractivity contribution < 1.29 is 14.3 Å². The van der Waals surface area contributed by atoms with E-state index < -0.39 is 6.17 Å². The Morgan fingerprint density at radius 1 is 1.18 bits per heavy atom. The monoisotopic (exact) mass is 579 g/mol. The number of benzodiazepines with no additional fused rings is 1. The maximum absolute atomic E-state index is 13.6. The minimum Gasteiger partial charge on any atom is -0.467 e. The lowest BCUT2D eigenvalue weighted by molar-refractivity contribution is -0.119. The topological polar surface area (TPSA) is 104 Å². The number of hydrogen-bond acceptors (Lipinski definition) is 8. The largest absolute Gasteiger partial charge is 0.467 e. The first-order valence-electron chi connectivity index (χ1n) is 12.9. The number of likely N-dealkylation sites (N-methyl/N-ethyl adjacent to an activating group) is 1. The second-order valence-electron chi connectivity index (χ2n) is 9.25. The molecule has 10 nitrogen and oxygen atoms in total. The first-order chi connectivity index (χ1) is 19.4. The van der Waals surface area contributed by atoms with Crippen LogP contribution in [0.4, 0.5) is 17.1 Å². The molecule has 2 aliphatic heterocycles. The molecule has 5 rings (SSSR count). The maximum atomic E-state index is 13.6. The molecule has 2 aromatic carbocycles. The number of thiocarbonyl (C=S) groups is 1. The summed E-state index contributed by atoms with van der Waals surface area (Å²) in [5.41, 5.74) is 5.20. The first kappa shape index (κ1) is 27.8. The van der Waals surface area contributed by atoms with Crippen molar-refractivity contribution in [2.24, 2.45) is 4.99 Å². The van der Waals surface area contributed by atoms with E-state index in [-0.39, 0.29) is 17.0 Å². The number of amides is 1. The number of rotatable bonds is 6. The van der Waals surface area contributed by atoms with Crippen LogP contribution in [0.1, 0.15) is 23.7 Å². The predicted molar refractivity (Wildman–Crippen MR) is 161 cm³/mol. The zero-order chi connectivity index (χ0) is 28.2. The molecule has 40 heavy (non-hydrogen) atoms. The number of methoxy groups -OCH3 is 1. The van der Waals surface area contributed by atoms with E-state index in [2.05, 4.69) is 25.5 Å². The summed E-state index contributed by atoms with van der Waals surface area (Å²) in [6, 6.07) is 13.6. The molecule has 0 spiro atoms. The molecule has 1 fully saturated rings. The second-order valence-corrected chi connectivity index (χ2v) is 10.1. The van der Waals surface area contributed by atoms with Gasteiger partial charge in [0, 0.05) is 53.9 Å². The Morgan fingerprint density at radius 2 is 1.93 bits per heavy atom. The van der Waals surface area contributed by atoms with Crippen molar-refractivity contribution in [3.05, 3.63) is 70.5 Å². The molecule has 1 aromatic heterocycles. The molecule has 0 saturated carbocycles. The molecular formula is C28H30ClN7O3S. The molecule has 0 radical (unpaired) electrons. The SMILES string of the molecule is CCc1nc(OC)ncc1C1=NC(NC(=S)Nc2ccc(N3CCOCC3)cc2)C(=O)N(C)c2ccc(Cl)cc21. The maximum Gasteiger partial charge on any atom is 0.316 e. The quantitative estimate of drug-likeness (QED) is 0.423. The van der Waals surface area contributed by atoms with E-state index in [1.54, 1.807) is 36.3 Å². The van der Waals surface area contributed by atoms with Gasteiger partial charge in [-0.25, -0.2) is 9.98 Å². The van der Waals surface area contributed by atoms with Gasteiger partial charge in [-0.1, -0.05) is 18.5 Å². The van der Waals surface area contributed by atoms with Gasteiger partial charge < -0.3 is 29.9 Å². The van der Waals surface area contributed by atoms with Crippen LogP contribution in [-0.2, 0) is 16.0 Å². The highest BCUT2D eigenvalue weighted by molar-refractivity contribution is 7.80. The third kappa shape index (κ3) is 5.86. The van der Waals surface area contributed by atoms with Gasteiger partial charge in [0.2, 0.25) is 6.17 Å². The summed E-state index contributed by atoms with van der Waals surface area (Å²) in [5, 5.41) is 7.04. The number of fused-ring (bicyclic) bond motifs is 1. The zero-order valence-electron chi connectivity index (χ0n) is 22.5. The molecule has 1 atom stereocenters. The Kier molecular flexibility index (Phi) is 8.43. The highest BCUT2D eigenvalue weighted by Crippen LogP contribution is 2.31. The lowest BCUT2D eigenvalue weighted by atomic mass is 9.99. The van der Waals surface area contributed by atoms with Crippen molar-refractivity contribution >= 4 is 57.6 Å². The van der Waals surface area contributed by atoms with Crippen molar-refractivity contribution in [1.82, 2.24) is 15.3 Å². The van der Waals surface area contributed by atoms with Gasteiger partial charge in [-0.2, -0.15) is 4.98 Å². The van der Waals surface area contributed by atoms with Gasteiger partial charge in [0.25, 0.3) is 5.91 Å². The van der Waals surface area contributed by atoms with E-state index in [1.807, 2.05) is 31.2 Å². The molecule has 1 saturated heterocycles. The lowest BCUT2D eigenvalue weighted by Gasteiger charge is -2.29. The summed E-state index contributed by atoms with van der Waals surface area (Å²) in [6.07, 6.45) is 1.25. The molecule has 12 heteroatoms. The van der Waals surface area contributed by atoms with Crippen LogP contribution in [0.5, 0.6) is 6.01 Å². The number of ether oxygens (including phenoxy) is 2. The number of nitrogens with zero attached hydrogens (tertiary/aromatic N) is 5. The van der Waals surface area contributed by atoms with Gasteiger partial charge >= 0.3 is 6.01 Å². The van der Waals surface area contributed by atoms with Gasteiger partial charge in [0.05, 0.1) is 37.4 Å². The number of anilines is 3. The lowest BCUT2D eigenvalue weighted by Crippen LogP contribution is -2.47. The fraction of sp³-hybridized carbons (Fsp3) is 0.321. The fourth-order valence-electron chi connectivity index (χ4n) is 4.69.